The van der Waals surface area contributed by atoms with Crippen LogP contribution in [0, 0.1) is 26.3 Å². The van der Waals surface area contributed by atoms with Gasteiger partial charge in [-0.1, -0.05) is 43.5 Å². The summed E-state index contributed by atoms with van der Waals surface area (Å²) in [5.41, 5.74) is 1.81. The summed E-state index contributed by atoms with van der Waals surface area (Å²) in [4.78, 5) is 39.0. The van der Waals surface area contributed by atoms with Gasteiger partial charge in [0.25, 0.3) is 5.91 Å². The number of hydrogen-bond acceptors (Lipinski definition) is 4. The van der Waals surface area contributed by atoms with E-state index in [4.69, 9.17) is 11.2 Å². The van der Waals surface area contributed by atoms with Gasteiger partial charge in [-0.25, -0.2) is 4.79 Å². The number of carbonyl (C=O) groups is 3. The molecule has 7 nitrogen and oxygen atoms in total. The van der Waals surface area contributed by atoms with Gasteiger partial charge in [0.1, 0.15) is 18.2 Å². The largest absolute Gasteiger partial charge is 0.444 e. The molecule has 2 atom stereocenters. The average molecular weight is 430 g/mol. The lowest BCUT2D eigenvalue weighted by Crippen LogP contribution is -2.47. The molecule has 0 radical (unpaired) electrons. The zero-order valence-corrected chi connectivity index (χ0v) is 19.7. The Morgan fingerprint density at radius 2 is 1.87 bits per heavy atom. The van der Waals surface area contributed by atoms with E-state index in [1.165, 1.54) is 0 Å². The predicted octanol–water partition coefficient (Wildman–Crippen LogP) is 3.59. The van der Waals surface area contributed by atoms with Crippen molar-refractivity contribution in [1.29, 1.82) is 0 Å². The molecule has 0 aliphatic heterocycles. The molecular weight excluding hydrogens is 394 g/mol. The van der Waals surface area contributed by atoms with Crippen LogP contribution < -0.4 is 10.6 Å². The van der Waals surface area contributed by atoms with Crippen LogP contribution >= 0.6 is 0 Å². The molecule has 2 N–H and O–H groups in total. The van der Waals surface area contributed by atoms with Crippen LogP contribution in [0.15, 0.2) is 18.2 Å². The number of amides is 3. The summed E-state index contributed by atoms with van der Waals surface area (Å²) in [6.07, 6.45) is 6.64. The van der Waals surface area contributed by atoms with Gasteiger partial charge in [0, 0.05) is 12.1 Å². The van der Waals surface area contributed by atoms with E-state index in [1.807, 2.05) is 39.8 Å². The van der Waals surface area contributed by atoms with Gasteiger partial charge in [-0.15, -0.1) is 0 Å². The van der Waals surface area contributed by atoms with Crippen molar-refractivity contribution in [3.05, 3.63) is 34.9 Å². The van der Waals surface area contributed by atoms with Crippen molar-refractivity contribution in [2.75, 3.05) is 6.54 Å². The van der Waals surface area contributed by atoms with E-state index in [1.54, 1.807) is 26.8 Å². The van der Waals surface area contributed by atoms with Crippen LogP contribution in [-0.2, 0) is 14.3 Å². The number of aryl methyl sites for hydroxylation is 2. The maximum atomic E-state index is 13.2. The first-order valence-electron chi connectivity index (χ1n) is 10.5. The van der Waals surface area contributed by atoms with E-state index in [0.29, 0.717) is 5.56 Å². The fourth-order valence-corrected chi connectivity index (χ4v) is 3.19. The molecule has 0 aromatic heterocycles. The number of alkyl carbamates (subject to hydrolysis) is 1. The highest BCUT2D eigenvalue weighted by Crippen LogP contribution is 2.25. The van der Waals surface area contributed by atoms with E-state index < -0.39 is 30.2 Å². The molecule has 3 amide bonds. The van der Waals surface area contributed by atoms with Crippen LogP contribution in [0.1, 0.15) is 70.2 Å². The van der Waals surface area contributed by atoms with Crippen LogP contribution in [0.5, 0.6) is 0 Å². The van der Waals surface area contributed by atoms with E-state index in [-0.39, 0.29) is 11.9 Å². The third kappa shape index (κ3) is 8.33. The minimum atomic E-state index is -1.02. The van der Waals surface area contributed by atoms with Gasteiger partial charge >= 0.3 is 6.09 Å². The summed E-state index contributed by atoms with van der Waals surface area (Å²) in [5.74, 6) is -0.951. The third-order valence-electron chi connectivity index (χ3n) is 4.53. The smallest absolute Gasteiger partial charge is 0.408 e. The lowest BCUT2D eigenvalue weighted by atomic mass is 9.97. The molecule has 0 bridgehead atoms. The zero-order chi connectivity index (χ0) is 23.8. The number of terminal acetylenes is 1. The molecule has 31 heavy (non-hydrogen) atoms. The van der Waals surface area contributed by atoms with Gasteiger partial charge in [-0.05, 0) is 59.1 Å². The highest BCUT2D eigenvalue weighted by molar-refractivity contribution is 5.91. The van der Waals surface area contributed by atoms with Gasteiger partial charge < -0.3 is 15.4 Å². The Bertz CT molecular complexity index is 836. The highest BCUT2D eigenvalue weighted by atomic mass is 16.6. The Hall–Kier alpha value is -3.01. The molecule has 0 aliphatic rings. The van der Waals surface area contributed by atoms with Crippen molar-refractivity contribution in [1.82, 2.24) is 15.5 Å². The molecule has 2 unspecified atom stereocenters. The van der Waals surface area contributed by atoms with Gasteiger partial charge in [-0.2, -0.15) is 0 Å². The quantitative estimate of drug-likeness (QED) is 0.488. The second kappa shape index (κ2) is 11.4. The Labute approximate surface area is 185 Å². The first kappa shape index (κ1) is 26.0. The lowest BCUT2D eigenvalue weighted by molar-refractivity contribution is -0.136. The summed E-state index contributed by atoms with van der Waals surface area (Å²) in [6, 6.07) is 6.86. The molecule has 0 heterocycles. The molecule has 0 spiro atoms. The van der Waals surface area contributed by atoms with Crippen LogP contribution in [0.2, 0.25) is 0 Å². The van der Waals surface area contributed by atoms with Gasteiger partial charge in [0.15, 0.2) is 0 Å². The molecular formula is C24H35N3O4. The summed E-state index contributed by atoms with van der Waals surface area (Å²) < 4.78 is 5.15. The van der Waals surface area contributed by atoms with E-state index in [2.05, 4.69) is 16.7 Å². The normalized spacial score (nSPS) is 12.8. The molecule has 0 saturated carbocycles. The Morgan fingerprint density at radius 1 is 1.23 bits per heavy atom. The van der Waals surface area contributed by atoms with E-state index in [9.17, 15) is 14.4 Å². The molecule has 1 aromatic rings. The van der Waals surface area contributed by atoms with Crippen molar-refractivity contribution in [3.63, 3.8) is 0 Å². The predicted molar refractivity (Wildman–Crippen MR) is 121 cm³/mol. The molecule has 0 aliphatic carbocycles. The van der Waals surface area contributed by atoms with Gasteiger partial charge in [-0.3, -0.25) is 14.5 Å². The van der Waals surface area contributed by atoms with E-state index in [0.717, 1.165) is 28.9 Å². The second-order valence-electron chi connectivity index (χ2n) is 8.71. The number of carbonyl (C=O) groups excluding carboxylic acids is 3. The van der Waals surface area contributed by atoms with Gasteiger partial charge in [0.2, 0.25) is 5.91 Å². The number of hydrogen-bond donors (Lipinski definition) is 2. The Balaban J connectivity index is 3.16. The second-order valence-corrected chi connectivity index (χ2v) is 8.71. The van der Waals surface area contributed by atoms with Crippen molar-refractivity contribution < 1.29 is 19.1 Å². The van der Waals surface area contributed by atoms with Crippen molar-refractivity contribution in [3.8, 4) is 12.5 Å². The van der Waals surface area contributed by atoms with Crippen LogP contribution in [0.25, 0.3) is 0 Å². The third-order valence-corrected chi connectivity index (χ3v) is 4.53. The summed E-state index contributed by atoms with van der Waals surface area (Å²) >= 11 is 0. The average Bonchev–Trinajstić information content (AvgIpc) is 2.63. The lowest BCUT2D eigenvalue weighted by Gasteiger charge is -2.29. The van der Waals surface area contributed by atoms with E-state index >= 15 is 0 Å². The minimum absolute atomic E-state index is 0.0691. The van der Waals surface area contributed by atoms with Crippen molar-refractivity contribution in [2.24, 2.45) is 0 Å². The van der Waals surface area contributed by atoms with Gasteiger partial charge in [0.05, 0.1) is 0 Å². The summed E-state index contributed by atoms with van der Waals surface area (Å²) in [6.45, 7) is 12.5. The number of nitrogens with one attached hydrogen (secondary N) is 2. The van der Waals surface area contributed by atoms with Crippen molar-refractivity contribution in [2.45, 2.75) is 79.0 Å². The number of nitrogens with zero attached hydrogens (tertiary/aromatic N) is 1. The topological polar surface area (TPSA) is 87.7 Å². The molecule has 170 valence electrons. The molecule has 7 heteroatoms. The highest BCUT2D eigenvalue weighted by Gasteiger charge is 2.32. The maximum absolute atomic E-state index is 13.2. The monoisotopic (exact) mass is 429 g/mol. The minimum Gasteiger partial charge on any atom is -0.444 e. The van der Waals surface area contributed by atoms with Crippen LogP contribution in [-0.4, -0.2) is 41.0 Å². The Kier molecular flexibility index (Phi) is 9.57. The standard InChI is InChI=1S/C24H35N3O4/c1-9-11-18(5)26-22(29)21(19-13-12-16(3)14-17(19)4)27(10-2)20(28)15-25-23(30)31-24(6,7)8/h2,12-14,18,21H,9,11,15H2,1,3-8H3,(H,25,30)(H,26,29). The number of rotatable bonds is 8. The van der Waals surface area contributed by atoms with Crippen LogP contribution in [0.4, 0.5) is 4.79 Å². The summed E-state index contributed by atoms with van der Waals surface area (Å²) in [5, 5.41) is 5.35. The Morgan fingerprint density at radius 3 is 2.39 bits per heavy atom. The number of benzene rings is 1. The molecule has 0 saturated heterocycles. The fourth-order valence-electron chi connectivity index (χ4n) is 3.19. The maximum Gasteiger partial charge on any atom is 0.408 e. The first-order valence-corrected chi connectivity index (χ1v) is 10.5. The van der Waals surface area contributed by atoms with Crippen molar-refractivity contribution >= 4 is 17.9 Å². The fraction of sp³-hybridized carbons (Fsp3) is 0.542. The number of ether oxygens (including phenoxy) is 1. The molecule has 1 rings (SSSR count). The zero-order valence-electron chi connectivity index (χ0n) is 19.7. The SMILES string of the molecule is C#CN(C(=O)CNC(=O)OC(C)(C)C)C(C(=O)NC(C)CCC)c1ccc(C)cc1C. The summed E-state index contributed by atoms with van der Waals surface area (Å²) in [7, 11) is 0. The first-order chi connectivity index (χ1) is 14.4. The molecule has 1 aromatic carbocycles. The molecule has 0 fully saturated rings. The van der Waals surface area contributed by atoms with Crippen LogP contribution in [0.3, 0.4) is 0 Å².